The molecule has 0 saturated heterocycles. The lowest BCUT2D eigenvalue weighted by molar-refractivity contribution is -0.128. The summed E-state index contributed by atoms with van der Waals surface area (Å²) < 4.78 is 0. The van der Waals surface area contributed by atoms with E-state index in [1.54, 1.807) is 32.3 Å². The maximum atomic E-state index is 11.9. The summed E-state index contributed by atoms with van der Waals surface area (Å²) >= 11 is 0. The van der Waals surface area contributed by atoms with E-state index in [1.165, 1.54) is 4.90 Å². The van der Waals surface area contributed by atoms with Crippen molar-refractivity contribution in [3.8, 4) is 0 Å². The average Bonchev–Trinajstić information content (AvgIpc) is 2.37. The van der Waals surface area contributed by atoms with Gasteiger partial charge >= 0.3 is 0 Å². The Bertz CT molecular complexity index is 498. The maximum absolute atomic E-state index is 11.9. The molecule has 110 valence electrons. The van der Waals surface area contributed by atoms with Gasteiger partial charge in [0.1, 0.15) is 0 Å². The zero-order valence-corrected chi connectivity index (χ0v) is 12.4. The zero-order valence-electron chi connectivity index (χ0n) is 12.4. The summed E-state index contributed by atoms with van der Waals surface area (Å²) in [6.07, 6.45) is 0.282. The first-order valence-corrected chi connectivity index (χ1v) is 6.38. The fraction of sp³-hybridized carbons (Fsp3) is 0.429. The van der Waals surface area contributed by atoms with Gasteiger partial charge in [-0.1, -0.05) is 0 Å². The van der Waals surface area contributed by atoms with Gasteiger partial charge in [0.15, 0.2) is 0 Å². The van der Waals surface area contributed by atoms with Crippen molar-refractivity contribution in [2.75, 3.05) is 45.4 Å². The molecule has 1 aromatic carbocycles. The van der Waals surface area contributed by atoms with Gasteiger partial charge in [-0.15, -0.1) is 0 Å². The number of nitrogens with two attached hydrogens (primary N) is 1. The van der Waals surface area contributed by atoms with Crippen LogP contribution in [0.4, 0.5) is 11.4 Å². The summed E-state index contributed by atoms with van der Waals surface area (Å²) in [5, 5.41) is 2.71. The summed E-state index contributed by atoms with van der Waals surface area (Å²) in [7, 11) is 7.15. The molecule has 0 radical (unpaired) electrons. The Labute approximate surface area is 119 Å². The van der Waals surface area contributed by atoms with Crippen LogP contribution in [0.25, 0.3) is 0 Å². The molecule has 0 aliphatic carbocycles. The van der Waals surface area contributed by atoms with Crippen LogP contribution in [-0.4, -0.2) is 51.4 Å². The van der Waals surface area contributed by atoms with Crippen molar-refractivity contribution >= 4 is 23.2 Å². The van der Waals surface area contributed by atoms with Crippen LogP contribution >= 0.6 is 0 Å². The van der Waals surface area contributed by atoms with E-state index >= 15 is 0 Å². The zero-order chi connectivity index (χ0) is 15.3. The first-order valence-electron chi connectivity index (χ1n) is 6.38. The summed E-state index contributed by atoms with van der Waals surface area (Å²) in [6.45, 7) is 0.311. The van der Waals surface area contributed by atoms with Gasteiger partial charge < -0.3 is 20.9 Å². The van der Waals surface area contributed by atoms with Crippen LogP contribution in [0.2, 0.25) is 0 Å². The standard InChI is InChI=1S/C14H22N4O2/c1-17(2)12-6-5-10(9-11(12)15)14(20)16-8-7-13(19)18(3)4/h5-6,9H,7-8,15H2,1-4H3,(H,16,20). The van der Waals surface area contributed by atoms with Gasteiger partial charge in [-0.05, 0) is 18.2 Å². The van der Waals surface area contributed by atoms with Gasteiger partial charge in [0.2, 0.25) is 5.91 Å². The van der Waals surface area contributed by atoms with E-state index < -0.39 is 0 Å². The highest BCUT2D eigenvalue weighted by Gasteiger charge is 2.10. The van der Waals surface area contributed by atoms with Gasteiger partial charge in [0.05, 0.1) is 11.4 Å². The van der Waals surface area contributed by atoms with Crippen molar-refractivity contribution in [2.24, 2.45) is 0 Å². The second-order valence-corrected chi connectivity index (χ2v) is 4.96. The second-order valence-electron chi connectivity index (χ2n) is 4.96. The van der Waals surface area contributed by atoms with Crippen molar-refractivity contribution in [1.82, 2.24) is 10.2 Å². The van der Waals surface area contributed by atoms with E-state index in [0.717, 1.165) is 5.69 Å². The van der Waals surface area contributed by atoms with Gasteiger partial charge in [-0.2, -0.15) is 0 Å². The highest BCUT2D eigenvalue weighted by atomic mass is 16.2. The van der Waals surface area contributed by atoms with E-state index in [-0.39, 0.29) is 18.2 Å². The minimum Gasteiger partial charge on any atom is -0.397 e. The fourth-order valence-corrected chi connectivity index (χ4v) is 1.71. The van der Waals surface area contributed by atoms with E-state index in [9.17, 15) is 9.59 Å². The van der Waals surface area contributed by atoms with Crippen LogP contribution in [0.15, 0.2) is 18.2 Å². The summed E-state index contributed by atoms with van der Waals surface area (Å²) in [5.41, 5.74) is 7.80. The minimum absolute atomic E-state index is 0.0206. The molecule has 0 spiro atoms. The van der Waals surface area contributed by atoms with E-state index in [0.29, 0.717) is 17.8 Å². The number of amides is 2. The first kappa shape index (κ1) is 15.8. The smallest absolute Gasteiger partial charge is 0.251 e. The average molecular weight is 278 g/mol. The third kappa shape index (κ3) is 4.15. The van der Waals surface area contributed by atoms with Crippen molar-refractivity contribution in [3.63, 3.8) is 0 Å². The van der Waals surface area contributed by atoms with Crippen LogP contribution in [0.3, 0.4) is 0 Å². The Kier molecular flexibility index (Phi) is 5.37. The van der Waals surface area contributed by atoms with E-state index in [1.807, 2.05) is 19.0 Å². The predicted octanol–water partition coefficient (Wildman–Crippen LogP) is 0.543. The largest absolute Gasteiger partial charge is 0.397 e. The molecule has 2 amide bonds. The lowest BCUT2D eigenvalue weighted by atomic mass is 10.1. The number of carbonyl (C=O) groups excluding carboxylic acids is 2. The van der Waals surface area contributed by atoms with Crippen molar-refractivity contribution in [1.29, 1.82) is 0 Å². The normalized spacial score (nSPS) is 10.0. The number of nitrogen functional groups attached to an aromatic ring is 1. The molecule has 1 aromatic rings. The molecule has 6 nitrogen and oxygen atoms in total. The second kappa shape index (κ2) is 6.79. The number of benzene rings is 1. The predicted molar refractivity (Wildman–Crippen MR) is 80.8 cm³/mol. The monoisotopic (exact) mass is 278 g/mol. The lowest BCUT2D eigenvalue weighted by Gasteiger charge is -2.16. The molecule has 20 heavy (non-hydrogen) atoms. The molecule has 0 aliphatic heterocycles. The molecule has 0 atom stereocenters. The summed E-state index contributed by atoms with van der Waals surface area (Å²) in [5.74, 6) is -0.249. The van der Waals surface area contributed by atoms with Gasteiger partial charge in [-0.25, -0.2) is 0 Å². The van der Waals surface area contributed by atoms with Crippen LogP contribution in [0.1, 0.15) is 16.8 Å². The number of nitrogens with one attached hydrogen (secondary N) is 1. The Hall–Kier alpha value is -2.24. The number of carbonyl (C=O) groups is 2. The van der Waals surface area contributed by atoms with Gasteiger partial charge in [-0.3, -0.25) is 9.59 Å². The highest BCUT2D eigenvalue weighted by Crippen LogP contribution is 2.22. The third-order valence-corrected chi connectivity index (χ3v) is 2.89. The first-order chi connectivity index (χ1) is 9.32. The van der Waals surface area contributed by atoms with Crippen molar-refractivity contribution in [2.45, 2.75) is 6.42 Å². The van der Waals surface area contributed by atoms with E-state index in [2.05, 4.69) is 5.32 Å². The molecule has 0 saturated carbocycles. The maximum Gasteiger partial charge on any atom is 0.251 e. The molecule has 1 rings (SSSR count). The number of hydrogen-bond acceptors (Lipinski definition) is 4. The van der Waals surface area contributed by atoms with Crippen LogP contribution < -0.4 is 16.0 Å². The van der Waals surface area contributed by atoms with E-state index in [4.69, 9.17) is 5.73 Å². The van der Waals surface area contributed by atoms with Crippen LogP contribution in [-0.2, 0) is 4.79 Å². The molecule has 0 aliphatic rings. The quantitative estimate of drug-likeness (QED) is 0.771. The molecule has 0 fully saturated rings. The van der Waals surface area contributed by atoms with Crippen LogP contribution in [0, 0.1) is 0 Å². The molecule has 0 aromatic heterocycles. The summed E-state index contributed by atoms with van der Waals surface area (Å²) in [4.78, 5) is 26.7. The molecule has 3 N–H and O–H groups in total. The topological polar surface area (TPSA) is 78.7 Å². The molecular formula is C14H22N4O2. The Morgan fingerprint density at radius 3 is 2.35 bits per heavy atom. The lowest BCUT2D eigenvalue weighted by Crippen LogP contribution is -2.30. The van der Waals surface area contributed by atoms with Gasteiger partial charge in [0, 0.05) is 46.7 Å². The third-order valence-electron chi connectivity index (χ3n) is 2.89. The number of rotatable bonds is 5. The Morgan fingerprint density at radius 2 is 1.85 bits per heavy atom. The van der Waals surface area contributed by atoms with Gasteiger partial charge in [0.25, 0.3) is 5.91 Å². The Balaban J connectivity index is 2.60. The highest BCUT2D eigenvalue weighted by molar-refractivity contribution is 5.96. The van der Waals surface area contributed by atoms with Crippen LogP contribution in [0.5, 0.6) is 0 Å². The molecule has 6 heteroatoms. The van der Waals surface area contributed by atoms with Crippen molar-refractivity contribution < 1.29 is 9.59 Å². The fourth-order valence-electron chi connectivity index (χ4n) is 1.71. The molecule has 0 unspecified atom stereocenters. The van der Waals surface area contributed by atoms with Crippen molar-refractivity contribution in [3.05, 3.63) is 23.8 Å². The summed E-state index contributed by atoms with van der Waals surface area (Å²) in [6, 6.07) is 5.16. The minimum atomic E-state index is -0.228. The number of nitrogens with zero attached hydrogens (tertiary/aromatic N) is 2. The number of anilines is 2. The SMILES string of the molecule is CN(C)C(=O)CCNC(=O)c1ccc(N(C)C)c(N)c1. The Morgan fingerprint density at radius 1 is 1.20 bits per heavy atom. The molecule has 0 bridgehead atoms. The molecule has 0 heterocycles. The number of hydrogen-bond donors (Lipinski definition) is 2. The molecular weight excluding hydrogens is 256 g/mol.